The van der Waals surface area contributed by atoms with E-state index in [0.29, 0.717) is 5.56 Å². The van der Waals surface area contributed by atoms with Gasteiger partial charge in [0.2, 0.25) is 0 Å². The van der Waals surface area contributed by atoms with Crippen molar-refractivity contribution in [3.05, 3.63) is 29.6 Å². The average Bonchev–Trinajstić information content (AvgIpc) is 3.49. The second kappa shape index (κ2) is 10.2. The Morgan fingerprint density at radius 1 is 1.25 bits per heavy atom. The van der Waals surface area contributed by atoms with Gasteiger partial charge in [0.25, 0.3) is 5.91 Å². The van der Waals surface area contributed by atoms with Crippen LogP contribution in [0.1, 0.15) is 48.2 Å². The zero-order valence-electron chi connectivity index (χ0n) is 18.1. The number of piperidine rings is 1. The fourth-order valence-corrected chi connectivity index (χ4v) is 3.96. The summed E-state index contributed by atoms with van der Waals surface area (Å²) in [7, 11) is 0. The van der Waals surface area contributed by atoms with Gasteiger partial charge in [-0.05, 0) is 62.5 Å². The van der Waals surface area contributed by atoms with Gasteiger partial charge < -0.3 is 19.5 Å². The molecular formula is C22H29F3N2O5. The summed E-state index contributed by atoms with van der Waals surface area (Å²) in [4.78, 5) is 27.7. The first-order chi connectivity index (χ1) is 15.1. The fraction of sp³-hybridized carbons (Fsp3) is 0.682. The predicted octanol–water partition coefficient (Wildman–Crippen LogP) is 3.46. The van der Waals surface area contributed by atoms with Crippen LogP contribution in [0, 0.1) is 18.3 Å². The third-order valence-corrected chi connectivity index (χ3v) is 6.15. The quantitative estimate of drug-likeness (QED) is 0.727. The fourth-order valence-electron chi connectivity index (χ4n) is 3.96. The average molecular weight is 458 g/mol. The van der Waals surface area contributed by atoms with Crippen LogP contribution in [0.15, 0.2) is 18.3 Å². The maximum atomic E-state index is 12.6. The molecule has 4 rings (SSSR count). The summed E-state index contributed by atoms with van der Waals surface area (Å²) in [5.41, 5.74) is 1.87. The number of carbonyl (C=O) groups is 2. The van der Waals surface area contributed by atoms with E-state index in [-0.39, 0.29) is 17.4 Å². The lowest BCUT2D eigenvalue weighted by Gasteiger charge is -2.38. The Bertz CT molecular complexity index is 788. The normalized spacial score (nSPS) is 22.4. The van der Waals surface area contributed by atoms with Crippen LogP contribution in [0.5, 0.6) is 0 Å². The molecule has 3 fully saturated rings. The number of carboxylic acids is 1. The Labute approximate surface area is 184 Å². The lowest BCUT2D eigenvalue weighted by molar-refractivity contribution is -0.192. The van der Waals surface area contributed by atoms with Crippen molar-refractivity contribution in [3.8, 4) is 0 Å². The SMILES string of the molecule is Cc1ccc(C(=O)N2CCC3(CC2)COC(COCC2CC2)C3)cn1.O=C(O)C(F)(F)F. The Balaban J connectivity index is 0.000000360. The zero-order chi connectivity index (χ0) is 23.4. The van der Waals surface area contributed by atoms with Crippen molar-refractivity contribution in [1.82, 2.24) is 9.88 Å². The minimum absolute atomic E-state index is 0.102. The molecule has 1 unspecified atom stereocenters. The minimum Gasteiger partial charge on any atom is -0.475 e. The third kappa shape index (κ3) is 6.90. The van der Waals surface area contributed by atoms with E-state index < -0.39 is 12.1 Å². The lowest BCUT2D eigenvalue weighted by Crippen LogP contribution is -2.43. The van der Waals surface area contributed by atoms with Crippen LogP contribution in [0.3, 0.4) is 0 Å². The van der Waals surface area contributed by atoms with Crippen molar-refractivity contribution in [2.75, 3.05) is 32.9 Å². The molecule has 1 saturated carbocycles. The lowest BCUT2D eigenvalue weighted by atomic mass is 9.76. The predicted molar refractivity (Wildman–Crippen MR) is 108 cm³/mol. The van der Waals surface area contributed by atoms with E-state index in [1.54, 1.807) is 6.20 Å². The van der Waals surface area contributed by atoms with Gasteiger partial charge in [-0.25, -0.2) is 4.79 Å². The van der Waals surface area contributed by atoms with Gasteiger partial charge in [-0.3, -0.25) is 9.78 Å². The standard InChI is InChI=1S/C20H28N2O3.C2HF3O2/c1-15-2-5-17(11-21-15)19(23)22-8-6-20(7-9-22)10-18(25-14-20)13-24-12-16-3-4-16;3-2(4,5)1(6)7/h2,5,11,16,18H,3-4,6-10,12-14H2,1H3;(H,6,7). The second-order valence-corrected chi connectivity index (χ2v) is 8.90. The van der Waals surface area contributed by atoms with Gasteiger partial charge in [0.15, 0.2) is 0 Å². The van der Waals surface area contributed by atoms with Crippen LogP contribution >= 0.6 is 0 Å². The van der Waals surface area contributed by atoms with Crippen molar-refractivity contribution in [3.63, 3.8) is 0 Å². The number of aliphatic carboxylic acids is 1. The van der Waals surface area contributed by atoms with E-state index in [4.69, 9.17) is 19.4 Å². The Morgan fingerprint density at radius 2 is 1.91 bits per heavy atom. The number of carbonyl (C=O) groups excluding carboxylic acids is 1. The number of ether oxygens (including phenoxy) is 2. The molecule has 0 aromatic carbocycles. The van der Waals surface area contributed by atoms with E-state index in [1.165, 1.54) is 12.8 Å². The summed E-state index contributed by atoms with van der Waals surface area (Å²) in [6.07, 6.45) is 2.63. The number of aromatic nitrogens is 1. The number of likely N-dealkylation sites (tertiary alicyclic amines) is 1. The molecule has 32 heavy (non-hydrogen) atoms. The highest BCUT2D eigenvalue weighted by atomic mass is 19.4. The van der Waals surface area contributed by atoms with Gasteiger partial charge in [-0.15, -0.1) is 0 Å². The Kier molecular flexibility index (Phi) is 7.76. The van der Waals surface area contributed by atoms with E-state index in [9.17, 15) is 18.0 Å². The van der Waals surface area contributed by atoms with Crippen LogP contribution in [0.2, 0.25) is 0 Å². The molecule has 1 aromatic rings. The highest BCUT2D eigenvalue weighted by molar-refractivity contribution is 5.94. The van der Waals surface area contributed by atoms with E-state index in [1.807, 2.05) is 24.0 Å². The number of nitrogens with zero attached hydrogens (tertiary/aromatic N) is 2. The van der Waals surface area contributed by atoms with Crippen LogP contribution in [0.25, 0.3) is 0 Å². The highest BCUT2D eigenvalue weighted by Gasteiger charge is 2.43. The van der Waals surface area contributed by atoms with Crippen molar-refractivity contribution >= 4 is 11.9 Å². The van der Waals surface area contributed by atoms with Crippen LogP contribution in [-0.2, 0) is 14.3 Å². The number of hydrogen-bond acceptors (Lipinski definition) is 5. The van der Waals surface area contributed by atoms with Crippen molar-refractivity contribution in [2.24, 2.45) is 11.3 Å². The number of pyridine rings is 1. The molecule has 1 atom stereocenters. The number of rotatable bonds is 5. The first kappa shape index (κ1) is 24.4. The summed E-state index contributed by atoms with van der Waals surface area (Å²) in [5, 5.41) is 7.12. The van der Waals surface area contributed by atoms with Crippen LogP contribution < -0.4 is 0 Å². The van der Waals surface area contributed by atoms with Crippen molar-refractivity contribution in [2.45, 2.75) is 51.3 Å². The number of alkyl halides is 3. The van der Waals surface area contributed by atoms with Crippen LogP contribution in [0.4, 0.5) is 13.2 Å². The summed E-state index contributed by atoms with van der Waals surface area (Å²) in [6.45, 7) is 6.01. The molecule has 1 spiro atoms. The van der Waals surface area contributed by atoms with E-state index in [2.05, 4.69) is 4.98 Å². The topological polar surface area (TPSA) is 89.0 Å². The molecule has 178 valence electrons. The van der Waals surface area contributed by atoms with Gasteiger partial charge in [-0.1, -0.05) is 0 Å². The summed E-state index contributed by atoms with van der Waals surface area (Å²) in [5.74, 6) is -1.85. The molecule has 0 bridgehead atoms. The molecule has 3 aliphatic rings. The molecule has 0 radical (unpaired) electrons. The maximum Gasteiger partial charge on any atom is 0.490 e. The molecule has 2 saturated heterocycles. The molecule has 1 N–H and O–H groups in total. The smallest absolute Gasteiger partial charge is 0.475 e. The maximum absolute atomic E-state index is 12.6. The largest absolute Gasteiger partial charge is 0.490 e. The first-order valence-electron chi connectivity index (χ1n) is 10.8. The van der Waals surface area contributed by atoms with E-state index >= 15 is 0 Å². The molecule has 2 aliphatic heterocycles. The minimum atomic E-state index is -5.08. The van der Waals surface area contributed by atoms with Gasteiger partial charge in [-0.2, -0.15) is 13.2 Å². The summed E-state index contributed by atoms with van der Waals surface area (Å²) in [6, 6.07) is 3.77. The molecular weight excluding hydrogens is 429 g/mol. The first-order valence-corrected chi connectivity index (χ1v) is 10.8. The van der Waals surface area contributed by atoms with Gasteiger partial charge in [0, 0.05) is 31.6 Å². The number of halogens is 3. The van der Waals surface area contributed by atoms with E-state index in [0.717, 1.165) is 63.8 Å². The number of carboxylic acid groups (broad SMARTS) is 1. The van der Waals surface area contributed by atoms with Crippen molar-refractivity contribution in [1.29, 1.82) is 0 Å². The second-order valence-electron chi connectivity index (χ2n) is 8.90. The summed E-state index contributed by atoms with van der Waals surface area (Å²) < 4.78 is 43.5. The monoisotopic (exact) mass is 458 g/mol. The van der Waals surface area contributed by atoms with Gasteiger partial charge in [0.1, 0.15) is 0 Å². The van der Waals surface area contributed by atoms with Gasteiger partial charge in [0.05, 0.1) is 24.9 Å². The Morgan fingerprint density at radius 3 is 2.44 bits per heavy atom. The highest BCUT2D eigenvalue weighted by Crippen LogP contribution is 2.42. The molecule has 7 nitrogen and oxygen atoms in total. The Hall–Kier alpha value is -2.20. The molecule has 3 heterocycles. The number of hydrogen-bond donors (Lipinski definition) is 1. The number of aryl methyl sites for hydroxylation is 1. The zero-order valence-corrected chi connectivity index (χ0v) is 18.1. The van der Waals surface area contributed by atoms with Crippen molar-refractivity contribution < 1.29 is 37.3 Å². The van der Waals surface area contributed by atoms with Gasteiger partial charge >= 0.3 is 12.1 Å². The molecule has 1 aromatic heterocycles. The number of amides is 1. The molecule has 1 aliphatic carbocycles. The summed E-state index contributed by atoms with van der Waals surface area (Å²) >= 11 is 0. The molecule has 10 heteroatoms. The van der Waals surface area contributed by atoms with Crippen LogP contribution in [-0.4, -0.2) is 72.1 Å². The third-order valence-electron chi connectivity index (χ3n) is 6.15. The molecule has 1 amide bonds.